The van der Waals surface area contributed by atoms with Crippen molar-refractivity contribution in [2.75, 3.05) is 7.05 Å². The van der Waals surface area contributed by atoms with Gasteiger partial charge >= 0.3 is 0 Å². The Bertz CT molecular complexity index is 640. The van der Waals surface area contributed by atoms with Crippen LogP contribution in [0.3, 0.4) is 0 Å². The average Bonchev–Trinajstić information content (AvgIpc) is 2.53. The van der Waals surface area contributed by atoms with Gasteiger partial charge in [0, 0.05) is 30.2 Å². The lowest BCUT2D eigenvalue weighted by Gasteiger charge is -2.30. The number of benzene rings is 1. The van der Waals surface area contributed by atoms with Gasteiger partial charge in [-0.05, 0) is 31.5 Å². The summed E-state index contributed by atoms with van der Waals surface area (Å²) in [5.74, 6) is 0.0606. The second-order valence-corrected chi connectivity index (χ2v) is 5.98. The highest BCUT2D eigenvalue weighted by Crippen LogP contribution is 2.24. The lowest BCUT2D eigenvalue weighted by Crippen LogP contribution is -2.38. The molecule has 0 N–H and O–H groups in total. The van der Waals surface area contributed by atoms with Crippen LogP contribution in [0.5, 0.6) is 0 Å². The van der Waals surface area contributed by atoms with Crippen LogP contribution in [0, 0.1) is 6.92 Å². The number of hydrogen-bond acceptors (Lipinski definition) is 3. The summed E-state index contributed by atoms with van der Waals surface area (Å²) >= 11 is 5.92. The molecule has 116 valence electrons. The van der Waals surface area contributed by atoms with Gasteiger partial charge in [-0.1, -0.05) is 30.7 Å². The number of carbonyl (C=O) groups is 1. The van der Waals surface area contributed by atoms with Crippen molar-refractivity contribution in [2.45, 2.75) is 32.7 Å². The summed E-state index contributed by atoms with van der Waals surface area (Å²) in [7, 11) is 1.79. The molecule has 2 atom stereocenters. The van der Waals surface area contributed by atoms with Gasteiger partial charge in [-0.15, -0.1) is 0 Å². The molecule has 0 unspecified atom stereocenters. The minimum absolute atomic E-state index is 0.0248. The van der Waals surface area contributed by atoms with E-state index in [1.54, 1.807) is 18.1 Å². The number of carbonyl (C=O) groups excluding carboxylic acids is 1. The van der Waals surface area contributed by atoms with Crippen LogP contribution in [0.25, 0.3) is 0 Å². The van der Waals surface area contributed by atoms with Crippen LogP contribution >= 0.6 is 11.6 Å². The van der Waals surface area contributed by atoms with Crippen LogP contribution in [0.2, 0.25) is 5.02 Å². The molecule has 0 aliphatic carbocycles. The Labute approximate surface area is 136 Å². The topological polar surface area (TPSA) is 46.1 Å². The van der Waals surface area contributed by atoms with E-state index < -0.39 is 0 Å². The van der Waals surface area contributed by atoms with E-state index in [2.05, 4.69) is 16.9 Å². The number of aromatic nitrogens is 2. The van der Waals surface area contributed by atoms with E-state index in [4.69, 9.17) is 11.6 Å². The molecule has 0 spiro atoms. The molecule has 2 rings (SSSR count). The molecule has 1 aromatic heterocycles. The zero-order valence-corrected chi connectivity index (χ0v) is 14.0. The van der Waals surface area contributed by atoms with E-state index in [1.165, 1.54) is 6.20 Å². The summed E-state index contributed by atoms with van der Waals surface area (Å²) in [5, 5.41) is 0.711. The van der Waals surface area contributed by atoms with Gasteiger partial charge in [0.1, 0.15) is 5.69 Å². The smallest absolute Gasteiger partial charge is 0.274 e. The van der Waals surface area contributed by atoms with Gasteiger partial charge < -0.3 is 4.90 Å². The van der Waals surface area contributed by atoms with Crippen LogP contribution in [0.15, 0.2) is 36.7 Å². The van der Waals surface area contributed by atoms with Crippen molar-refractivity contribution in [2.24, 2.45) is 0 Å². The summed E-state index contributed by atoms with van der Waals surface area (Å²) in [6, 6.07) is 7.75. The van der Waals surface area contributed by atoms with Gasteiger partial charge in [0.05, 0.1) is 11.9 Å². The number of halogens is 1. The highest BCUT2D eigenvalue weighted by molar-refractivity contribution is 6.30. The SMILES string of the molecule is Cc1cnc(C(=O)N(C)[C@@H](C)[C@H](C)c2ccc(Cl)cc2)cn1. The second kappa shape index (κ2) is 6.88. The fourth-order valence-corrected chi connectivity index (χ4v) is 2.37. The number of likely N-dealkylation sites (N-methyl/N-ethyl adjacent to an activating group) is 1. The molecule has 0 aliphatic rings. The van der Waals surface area contributed by atoms with Gasteiger partial charge in [0.15, 0.2) is 0 Å². The molecule has 0 saturated carbocycles. The van der Waals surface area contributed by atoms with Gasteiger partial charge in [-0.3, -0.25) is 9.78 Å². The van der Waals surface area contributed by atoms with Crippen molar-refractivity contribution in [1.82, 2.24) is 14.9 Å². The van der Waals surface area contributed by atoms with Crippen molar-refractivity contribution in [3.8, 4) is 0 Å². The molecular formula is C17H20ClN3O. The van der Waals surface area contributed by atoms with Crippen LogP contribution in [-0.2, 0) is 0 Å². The predicted octanol–water partition coefficient (Wildman–Crippen LogP) is 3.70. The molecule has 1 amide bonds. The summed E-state index contributed by atoms with van der Waals surface area (Å²) in [5.41, 5.74) is 2.30. The molecule has 22 heavy (non-hydrogen) atoms. The summed E-state index contributed by atoms with van der Waals surface area (Å²) < 4.78 is 0. The van der Waals surface area contributed by atoms with Gasteiger partial charge in [0.2, 0.25) is 0 Å². The van der Waals surface area contributed by atoms with Crippen molar-refractivity contribution in [3.05, 3.63) is 58.6 Å². The van der Waals surface area contributed by atoms with E-state index in [1.807, 2.05) is 38.1 Å². The van der Waals surface area contributed by atoms with E-state index in [9.17, 15) is 4.79 Å². The molecule has 0 bridgehead atoms. The Morgan fingerprint density at radius 3 is 2.32 bits per heavy atom. The van der Waals surface area contributed by atoms with E-state index in [0.717, 1.165) is 11.3 Å². The van der Waals surface area contributed by atoms with E-state index in [0.29, 0.717) is 10.7 Å². The highest BCUT2D eigenvalue weighted by atomic mass is 35.5. The van der Waals surface area contributed by atoms with E-state index >= 15 is 0 Å². The molecule has 2 aromatic rings. The fraction of sp³-hybridized carbons (Fsp3) is 0.353. The Kier molecular flexibility index (Phi) is 5.14. The molecule has 1 heterocycles. The number of aryl methyl sites for hydroxylation is 1. The third kappa shape index (κ3) is 3.63. The van der Waals surface area contributed by atoms with Crippen LogP contribution in [0.4, 0.5) is 0 Å². The van der Waals surface area contributed by atoms with Crippen molar-refractivity contribution >= 4 is 17.5 Å². The van der Waals surface area contributed by atoms with Crippen molar-refractivity contribution in [1.29, 1.82) is 0 Å². The fourth-order valence-electron chi connectivity index (χ4n) is 2.25. The van der Waals surface area contributed by atoms with Crippen LogP contribution in [0.1, 0.15) is 41.5 Å². The molecule has 0 aliphatic heterocycles. The zero-order chi connectivity index (χ0) is 16.3. The quantitative estimate of drug-likeness (QED) is 0.863. The minimum atomic E-state index is -0.124. The minimum Gasteiger partial charge on any atom is -0.337 e. The third-order valence-electron chi connectivity index (χ3n) is 4.05. The first-order chi connectivity index (χ1) is 10.4. The first-order valence-electron chi connectivity index (χ1n) is 7.21. The molecular weight excluding hydrogens is 298 g/mol. The lowest BCUT2D eigenvalue weighted by atomic mass is 9.93. The van der Waals surface area contributed by atoms with Crippen LogP contribution < -0.4 is 0 Å². The van der Waals surface area contributed by atoms with Crippen LogP contribution in [-0.4, -0.2) is 33.9 Å². The predicted molar refractivity (Wildman–Crippen MR) is 88.2 cm³/mol. The maximum atomic E-state index is 12.5. The van der Waals surface area contributed by atoms with Crippen molar-refractivity contribution < 1.29 is 4.79 Å². The molecule has 4 nitrogen and oxygen atoms in total. The van der Waals surface area contributed by atoms with Gasteiger partial charge in [0.25, 0.3) is 5.91 Å². The standard InChI is InChI=1S/C17H20ClN3O/c1-11-9-20-16(10-19-11)17(22)21(4)13(3)12(2)14-5-7-15(18)8-6-14/h5-10,12-13H,1-4H3/t12-,13-/m0/s1. The van der Waals surface area contributed by atoms with Crippen molar-refractivity contribution in [3.63, 3.8) is 0 Å². The average molecular weight is 318 g/mol. The first-order valence-corrected chi connectivity index (χ1v) is 7.59. The number of rotatable bonds is 4. The zero-order valence-electron chi connectivity index (χ0n) is 13.2. The number of hydrogen-bond donors (Lipinski definition) is 0. The van der Waals surface area contributed by atoms with Gasteiger partial charge in [-0.2, -0.15) is 0 Å². The Hall–Kier alpha value is -1.94. The maximum Gasteiger partial charge on any atom is 0.274 e. The Morgan fingerprint density at radius 2 is 1.77 bits per heavy atom. The molecule has 0 radical (unpaired) electrons. The normalized spacial score (nSPS) is 13.5. The molecule has 0 fully saturated rings. The number of nitrogens with zero attached hydrogens (tertiary/aromatic N) is 3. The summed E-state index contributed by atoms with van der Waals surface area (Å²) in [6.45, 7) is 5.97. The largest absolute Gasteiger partial charge is 0.337 e. The molecule has 0 saturated heterocycles. The Balaban J connectivity index is 2.13. The molecule has 1 aromatic carbocycles. The Morgan fingerprint density at radius 1 is 1.14 bits per heavy atom. The second-order valence-electron chi connectivity index (χ2n) is 5.54. The third-order valence-corrected chi connectivity index (χ3v) is 4.30. The summed E-state index contributed by atoms with van der Waals surface area (Å²) in [6.07, 6.45) is 3.13. The van der Waals surface area contributed by atoms with E-state index in [-0.39, 0.29) is 17.9 Å². The monoisotopic (exact) mass is 317 g/mol. The lowest BCUT2D eigenvalue weighted by molar-refractivity contribution is 0.0720. The first kappa shape index (κ1) is 16.4. The highest BCUT2D eigenvalue weighted by Gasteiger charge is 2.24. The summed E-state index contributed by atoms with van der Waals surface area (Å²) in [4.78, 5) is 22.5. The molecule has 5 heteroatoms. The number of amides is 1. The maximum absolute atomic E-state index is 12.5. The van der Waals surface area contributed by atoms with Gasteiger partial charge in [-0.25, -0.2) is 4.98 Å².